The van der Waals surface area contributed by atoms with Crippen molar-refractivity contribution in [1.29, 1.82) is 0 Å². The van der Waals surface area contributed by atoms with Crippen LogP contribution in [0.5, 0.6) is 0 Å². The molecule has 0 bridgehead atoms. The number of aromatic amines is 1. The zero-order chi connectivity index (χ0) is 11.6. The highest BCUT2D eigenvalue weighted by Gasteiger charge is 2.06. The van der Waals surface area contributed by atoms with Crippen LogP contribution in [0.4, 0.5) is 25.9 Å². The van der Waals surface area contributed by atoms with Crippen LogP contribution >= 0.6 is 0 Å². The number of aromatic nitrogens is 2. The molecule has 0 aromatic carbocycles. The summed E-state index contributed by atoms with van der Waals surface area (Å²) in [5.74, 6) is 0.968. The predicted molar refractivity (Wildman–Crippen MR) is 41.5 cm³/mol. The van der Waals surface area contributed by atoms with Gasteiger partial charge in [-0.05, 0) is 6.92 Å². The van der Waals surface area contributed by atoms with Crippen molar-refractivity contribution in [3.8, 4) is 0 Å². The van der Waals surface area contributed by atoms with E-state index in [0.29, 0.717) is 0 Å². The summed E-state index contributed by atoms with van der Waals surface area (Å²) in [6.07, 6.45) is 3.53. The van der Waals surface area contributed by atoms with Crippen LogP contribution in [0.15, 0.2) is 12.4 Å². The van der Waals surface area contributed by atoms with Gasteiger partial charge in [0.1, 0.15) is 5.82 Å². The number of hydrogen-bond acceptors (Lipinski definition) is 1. The first-order valence-corrected chi connectivity index (χ1v) is 3.16. The van der Waals surface area contributed by atoms with Crippen molar-refractivity contribution >= 4 is 15.1 Å². The van der Waals surface area contributed by atoms with Gasteiger partial charge in [0.15, 0.2) is 0 Å². The Morgan fingerprint density at radius 1 is 1.07 bits per heavy atom. The number of H-pyrrole nitrogens is 1. The Morgan fingerprint density at radius 2 is 1.43 bits per heavy atom. The van der Waals surface area contributed by atoms with Crippen molar-refractivity contribution in [1.82, 2.24) is 9.97 Å². The van der Waals surface area contributed by atoms with Crippen LogP contribution in [-0.4, -0.2) is 25.1 Å². The first-order chi connectivity index (χ1) is 6.36. The molecule has 0 aliphatic rings. The van der Waals surface area contributed by atoms with Crippen molar-refractivity contribution in [2.24, 2.45) is 0 Å². The lowest BCUT2D eigenvalue weighted by atomic mass is 10.5. The number of nitrogens with one attached hydrogen (secondary N) is 1. The minimum Gasteiger partial charge on any atom is -0.349 e. The van der Waals surface area contributed by atoms with Crippen molar-refractivity contribution < 1.29 is 25.9 Å². The molecule has 0 aliphatic heterocycles. The standard InChI is InChI=1S/C4H6N2.2BF3/c1-4-5-2-3-6-4;2*2-1(3)4/h2-3H,1H3,(H,5,6);;. The van der Waals surface area contributed by atoms with E-state index in [1.165, 1.54) is 0 Å². The largest absolute Gasteiger partial charge is 0.762 e. The van der Waals surface area contributed by atoms with E-state index in [-0.39, 0.29) is 0 Å². The zero-order valence-electron chi connectivity index (χ0n) is 7.02. The normalized spacial score (nSPS) is 7.64. The van der Waals surface area contributed by atoms with E-state index in [9.17, 15) is 25.9 Å². The molecule has 0 saturated heterocycles. The van der Waals surface area contributed by atoms with E-state index in [1.807, 2.05) is 6.92 Å². The van der Waals surface area contributed by atoms with E-state index in [2.05, 4.69) is 9.97 Å². The highest BCUT2D eigenvalue weighted by Crippen LogP contribution is 1.80. The average Bonchev–Trinajstić information content (AvgIpc) is 2.36. The summed E-state index contributed by atoms with van der Waals surface area (Å²) in [6, 6.07) is 0. The molecular formula is C4H6B2F6N2. The van der Waals surface area contributed by atoms with Gasteiger partial charge < -0.3 is 4.98 Å². The second-order valence-corrected chi connectivity index (χ2v) is 1.67. The third-order valence-corrected chi connectivity index (χ3v) is 0.635. The number of aryl methyl sites for hydroxylation is 1. The molecular weight excluding hydrogens is 212 g/mol. The van der Waals surface area contributed by atoms with Gasteiger partial charge in [0.25, 0.3) is 0 Å². The van der Waals surface area contributed by atoms with Gasteiger partial charge in [0, 0.05) is 12.4 Å². The quantitative estimate of drug-likeness (QED) is 0.525. The van der Waals surface area contributed by atoms with Crippen molar-refractivity contribution in [3.05, 3.63) is 18.2 Å². The Bertz CT molecular complexity index is 182. The lowest BCUT2D eigenvalue weighted by Crippen LogP contribution is -1.76. The summed E-state index contributed by atoms with van der Waals surface area (Å²) < 4.78 is 58.0. The Labute approximate surface area is 77.2 Å². The number of rotatable bonds is 0. The molecule has 0 spiro atoms. The smallest absolute Gasteiger partial charge is 0.349 e. The molecule has 0 radical (unpaired) electrons. The Hall–Kier alpha value is -1.08. The van der Waals surface area contributed by atoms with E-state index in [0.717, 1.165) is 5.82 Å². The molecule has 1 aromatic rings. The monoisotopic (exact) mass is 218 g/mol. The number of nitrogens with zero attached hydrogens (tertiary/aromatic N) is 1. The van der Waals surface area contributed by atoms with Crippen LogP contribution in [0.2, 0.25) is 0 Å². The summed E-state index contributed by atoms with van der Waals surface area (Å²) in [5.41, 5.74) is 0. The topological polar surface area (TPSA) is 28.7 Å². The van der Waals surface area contributed by atoms with Crippen molar-refractivity contribution in [2.45, 2.75) is 6.92 Å². The van der Waals surface area contributed by atoms with Gasteiger partial charge in [-0.1, -0.05) is 0 Å². The third-order valence-electron chi connectivity index (χ3n) is 0.635. The minimum absolute atomic E-state index is 0.968. The Morgan fingerprint density at radius 3 is 1.50 bits per heavy atom. The fourth-order valence-electron chi connectivity index (χ4n) is 0.344. The highest BCUT2D eigenvalue weighted by molar-refractivity contribution is 6.33. The fourth-order valence-corrected chi connectivity index (χ4v) is 0.344. The molecule has 1 rings (SSSR count). The van der Waals surface area contributed by atoms with E-state index in [4.69, 9.17) is 0 Å². The summed E-state index contributed by atoms with van der Waals surface area (Å²) in [4.78, 5) is 6.75. The summed E-state index contributed by atoms with van der Waals surface area (Å²) >= 11 is 0. The van der Waals surface area contributed by atoms with Gasteiger partial charge >= 0.3 is 15.1 Å². The molecule has 0 unspecified atom stereocenters. The molecule has 0 fully saturated rings. The highest BCUT2D eigenvalue weighted by atomic mass is 19.4. The van der Waals surface area contributed by atoms with E-state index in [1.54, 1.807) is 12.4 Å². The second-order valence-electron chi connectivity index (χ2n) is 1.67. The van der Waals surface area contributed by atoms with Gasteiger partial charge in [-0.25, -0.2) is 4.98 Å². The van der Waals surface area contributed by atoms with Crippen molar-refractivity contribution in [2.75, 3.05) is 0 Å². The molecule has 0 atom stereocenters. The third kappa shape index (κ3) is 30.7. The number of hydrogen-bond donors (Lipinski definition) is 1. The van der Waals surface area contributed by atoms with Gasteiger partial charge in [0.2, 0.25) is 0 Å². The van der Waals surface area contributed by atoms with Gasteiger partial charge in [0.05, 0.1) is 0 Å². The van der Waals surface area contributed by atoms with E-state index >= 15 is 0 Å². The summed E-state index contributed by atoms with van der Waals surface area (Å²) in [5, 5.41) is 0. The minimum atomic E-state index is -3.67. The predicted octanol–water partition coefficient (Wildman–Crippen LogP) is 2.48. The van der Waals surface area contributed by atoms with Crippen LogP contribution in [-0.2, 0) is 0 Å². The molecule has 0 saturated carbocycles. The molecule has 2 nitrogen and oxygen atoms in total. The first kappa shape index (κ1) is 15.4. The SMILES string of the molecule is Cc1ncc[nH]1.FB(F)F.FB(F)F. The average molecular weight is 218 g/mol. The number of halogens is 6. The number of imidazole rings is 1. The van der Waals surface area contributed by atoms with Gasteiger partial charge in [-0.2, -0.15) is 0 Å². The maximum absolute atomic E-state index is 9.67. The zero-order valence-corrected chi connectivity index (χ0v) is 7.02. The van der Waals surface area contributed by atoms with Crippen LogP contribution < -0.4 is 0 Å². The molecule has 10 heteroatoms. The lowest BCUT2D eigenvalue weighted by molar-refractivity contribution is 0.533. The molecule has 1 aromatic heterocycles. The van der Waals surface area contributed by atoms with Gasteiger partial charge in [-0.3, -0.25) is 25.9 Å². The van der Waals surface area contributed by atoms with E-state index < -0.39 is 15.1 Å². The summed E-state index contributed by atoms with van der Waals surface area (Å²) in [6.45, 7) is 1.92. The van der Waals surface area contributed by atoms with Crippen molar-refractivity contribution in [3.63, 3.8) is 0 Å². The van der Waals surface area contributed by atoms with Crippen LogP contribution in [0.25, 0.3) is 0 Å². The van der Waals surface area contributed by atoms with Crippen LogP contribution in [0.3, 0.4) is 0 Å². The Balaban J connectivity index is 0. The lowest BCUT2D eigenvalue weighted by Gasteiger charge is -1.68. The molecule has 0 aliphatic carbocycles. The first-order valence-electron chi connectivity index (χ1n) is 3.16. The maximum Gasteiger partial charge on any atom is 0.762 e. The molecule has 14 heavy (non-hydrogen) atoms. The Kier molecular flexibility index (Phi) is 11.0. The second kappa shape index (κ2) is 10.0. The molecule has 80 valence electrons. The molecule has 1 N–H and O–H groups in total. The fraction of sp³-hybridized carbons (Fsp3) is 0.250. The summed E-state index contributed by atoms with van der Waals surface area (Å²) in [7, 11) is -7.33. The van der Waals surface area contributed by atoms with Gasteiger partial charge in [-0.15, -0.1) is 0 Å². The molecule has 1 heterocycles. The maximum atomic E-state index is 9.67. The van der Waals surface area contributed by atoms with Crippen LogP contribution in [0.1, 0.15) is 5.82 Å². The van der Waals surface area contributed by atoms with Crippen LogP contribution in [0, 0.1) is 6.92 Å². The molecule has 0 amide bonds.